The van der Waals surface area contributed by atoms with Gasteiger partial charge >= 0.3 is 18.5 Å². The molecule has 0 amide bonds. The first-order valence-corrected chi connectivity index (χ1v) is 5.75. The zero-order chi connectivity index (χ0) is 17.8. The van der Waals surface area contributed by atoms with Crippen LogP contribution in [0.3, 0.4) is 0 Å². The Kier molecular flexibility index (Phi) is 3.70. The quantitative estimate of drug-likeness (QED) is 0.615. The first kappa shape index (κ1) is 17.2. The highest BCUT2D eigenvalue weighted by Gasteiger charge is 2.43. The number of hydrogen-bond donors (Lipinski definition) is 1. The summed E-state index contributed by atoms with van der Waals surface area (Å²) in [4.78, 5) is 0. The van der Waals surface area contributed by atoms with Crippen molar-refractivity contribution in [1.29, 1.82) is 0 Å². The monoisotopic (exact) mass is 348 g/mol. The summed E-state index contributed by atoms with van der Waals surface area (Å²) in [5, 5.41) is 6.82. The largest absolute Gasteiger partial charge is 0.507 e. The first-order valence-electron chi connectivity index (χ1n) is 5.75. The highest BCUT2D eigenvalue weighted by molar-refractivity contribution is 5.95. The van der Waals surface area contributed by atoms with Crippen LogP contribution in [0.15, 0.2) is 24.3 Å². The molecule has 0 fully saturated rings. The summed E-state index contributed by atoms with van der Waals surface area (Å²) in [6, 6.07) is 1.07. The Labute approximate surface area is 121 Å². The fourth-order valence-electron chi connectivity index (χ4n) is 2.14. The first-order chi connectivity index (χ1) is 10.2. The van der Waals surface area contributed by atoms with Crippen molar-refractivity contribution >= 4 is 10.8 Å². The van der Waals surface area contributed by atoms with Gasteiger partial charge in [-0.1, -0.05) is 12.1 Å². The Morgan fingerprint density at radius 2 is 1.13 bits per heavy atom. The second-order valence-corrected chi connectivity index (χ2v) is 4.54. The molecule has 0 bridgehead atoms. The van der Waals surface area contributed by atoms with Gasteiger partial charge in [-0.2, -0.15) is 39.5 Å². The SMILES string of the molecule is Oc1c(C(F)(F)F)cc(C(F)(F)F)c2cccc(C(F)(F)F)c12. The van der Waals surface area contributed by atoms with Crippen molar-refractivity contribution in [3.63, 3.8) is 0 Å². The minimum absolute atomic E-state index is 0.294. The van der Waals surface area contributed by atoms with E-state index in [0.29, 0.717) is 18.2 Å². The van der Waals surface area contributed by atoms with E-state index in [9.17, 15) is 44.6 Å². The van der Waals surface area contributed by atoms with Crippen molar-refractivity contribution in [1.82, 2.24) is 0 Å². The Morgan fingerprint density at radius 3 is 1.57 bits per heavy atom. The third kappa shape index (κ3) is 3.02. The number of rotatable bonds is 0. The Hall–Kier alpha value is -2.13. The number of aromatic hydroxyl groups is 1. The summed E-state index contributed by atoms with van der Waals surface area (Å²) >= 11 is 0. The molecule has 2 aromatic rings. The summed E-state index contributed by atoms with van der Waals surface area (Å²) in [7, 11) is 0. The minimum Gasteiger partial charge on any atom is -0.507 e. The highest BCUT2D eigenvalue weighted by Crippen LogP contribution is 2.48. The topological polar surface area (TPSA) is 20.2 Å². The Balaban J connectivity index is 3.08. The molecule has 0 radical (unpaired) electrons. The number of benzene rings is 2. The van der Waals surface area contributed by atoms with E-state index in [1.165, 1.54) is 0 Å². The molecule has 0 saturated heterocycles. The summed E-state index contributed by atoms with van der Waals surface area (Å²) < 4.78 is 116. The van der Waals surface area contributed by atoms with Gasteiger partial charge in [0.1, 0.15) is 5.75 Å². The molecule has 0 spiro atoms. The third-order valence-electron chi connectivity index (χ3n) is 3.05. The second-order valence-electron chi connectivity index (χ2n) is 4.54. The smallest absolute Gasteiger partial charge is 0.419 e. The van der Waals surface area contributed by atoms with Crippen LogP contribution in [-0.4, -0.2) is 5.11 Å². The summed E-state index contributed by atoms with van der Waals surface area (Å²) in [6.45, 7) is 0. The maximum absolute atomic E-state index is 12.9. The lowest BCUT2D eigenvalue weighted by Gasteiger charge is -2.19. The molecule has 0 unspecified atom stereocenters. The molecule has 0 aliphatic rings. The van der Waals surface area contributed by atoms with Crippen molar-refractivity contribution in [2.24, 2.45) is 0 Å². The fourth-order valence-corrected chi connectivity index (χ4v) is 2.14. The summed E-state index contributed by atoms with van der Waals surface area (Å²) in [5.41, 5.74) is -5.89. The van der Waals surface area contributed by atoms with E-state index in [0.717, 1.165) is 0 Å². The summed E-state index contributed by atoms with van der Waals surface area (Å²) in [5.74, 6) is -1.89. The van der Waals surface area contributed by atoms with Gasteiger partial charge in [0.15, 0.2) is 0 Å². The van der Waals surface area contributed by atoms with Crippen LogP contribution in [0.25, 0.3) is 10.8 Å². The van der Waals surface area contributed by atoms with Crippen LogP contribution in [0.5, 0.6) is 5.75 Å². The highest BCUT2D eigenvalue weighted by atomic mass is 19.4. The molecule has 0 heterocycles. The van der Waals surface area contributed by atoms with E-state index in [-0.39, 0.29) is 0 Å². The van der Waals surface area contributed by atoms with Crippen LogP contribution in [0.4, 0.5) is 39.5 Å². The molecule has 1 nitrogen and oxygen atoms in total. The van der Waals surface area contributed by atoms with Gasteiger partial charge in [0.05, 0.1) is 16.7 Å². The Morgan fingerprint density at radius 1 is 0.652 bits per heavy atom. The third-order valence-corrected chi connectivity index (χ3v) is 3.05. The molecule has 0 aromatic heterocycles. The lowest BCUT2D eigenvalue weighted by atomic mass is 9.95. The zero-order valence-electron chi connectivity index (χ0n) is 10.7. The molecule has 2 rings (SSSR count). The van der Waals surface area contributed by atoms with Crippen molar-refractivity contribution in [3.8, 4) is 5.75 Å². The molecule has 0 aliphatic carbocycles. The van der Waals surface area contributed by atoms with Gasteiger partial charge < -0.3 is 5.11 Å². The van der Waals surface area contributed by atoms with Gasteiger partial charge in [-0.3, -0.25) is 0 Å². The van der Waals surface area contributed by atoms with Gasteiger partial charge in [0, 0.05) is 5.39 Å². The molecule has 1 N–H and O–H groups in total. The van der Waals surface area contributed by atoms with Crippen molar-refractivity contribution in [2.75, 3.05) is 0 Å². The minimum atomic E-state index is -5.46. The molecule has 126 valence electrons. The molecular weight excluding hydrogens is 343 g/mol. The second kappa shape index (κ2) is 4.93. The number of alkyl halides is 9. The lowest BCUT2D eigenvalue weighted by Crippen LogP contribution is -2.14. The van der Waals surface area contributed by atoms with Crippen LogP contribution in [0.1, 0.15) is 16.7 Å². The van der Waals surface area contributed by atoms with Crippen LogP contribution in [-0.2, 0) is 18.5 Å². The lowest BCUT2D eigenvalue weighted by molar-refractivity contribution is -0.144. The molecule has 0 saturated carbocycles. The van der Waals surface area contributed by atoms with Crippen LogP contribution in [0, 0.1) is 0 Å². The van der Waals surface area contributed by atoms with Crippen LogP contribution < -0.4 is 0 Å². The van der Waals surface area contributed by atoms with E-state index < -0.39 is 57.8 Å². The van der Waals surface area contributed by atoms with Gasteiger partial charge in [-0.05, 0) is 17.5 Å². The normalized spacial score (nSPS) is 13.6. The average Bonchev–Trinajstić information content (AvgIpc) is 2.34. The van der Waals surface area contributed by atoms with Crippen LogP contribution >= 0.6 is 0 Å². The van der Waals surface area contributed by atoms with Gasteiger partial charge in [0.2, 0.25) is 0 Å². The number of halogens is 9. The maximum atomic E-state index is 12.9. The van der Waals surface area contributed by atoms with Crippen LogP contribution in [0.2, 0.25) is 0 Å². The standard InChI is InChI=1S/C13H5F9O/c14-11(15,16)6-3-1-2-5-7(12(17,18)19)4-8(13(20,21)22)10(23)9(5)6/h1-4,23H. The molecule has 23 heavy (non-hydrogen) atoms. The molecular formula is C13H5F9O. The van der Waals surface area contributed by atoms with Gasteiger partial charge in [-0.15, -0.1) is 0 Å². The summed E-state index contributed by atoms with van der Waals surface area (Å²) in [6.07, 6.45) is -16.0. The van der Waals surface area contributed by atoms with E-state index in [1.54, 1.807) is 0 Å². The van der Waals surface area contributed by atoms with E-state index in [4.69, 9.17) is 0 Å². The van der Waals surface area contributed by atoms with Crippen molar-refractivity contribution in [2.45, 2.75) is 18.5 Å². The number of phenolic OH excluding ortho intramolecular Hbond substituents is 1. The van der Waals surface area contributed by atoms with Crippen molar-refractivity contribution in [3.05, 3.63) is 41.0 Å². The maximum Gasteiger partial charge on any atom is 0.419 e. The van der Waals surface area contributed by atoms with E-state index in [1.807, 2.05) is 0 Å². The predicted octanol–water partition coefficient (Wildman–Crippen LogP) is 5.60. The van der Waals surface area contributed by atoms with Gasteiger partial charge in [0.25, 0.3) is 0 Å². The van der Waals surface area contributed by atoms with Crippen molar-refractivity contribution < 1.29 is 44.6 Å². The number of fused-ring (bicyclic) bond motifs is 1. The Bertz CT molecular complexity index is 753. The number of hydrogen-bond acceptors (Lipinski definition) is 1. The average molecular weight is 348 g/mol. The van der Waals surface area contributed by atoms with E-state index >= 15 is 0 Å². The predicted molar refractivity (Wildman–Crippen MR) is 60.6 cm³/mol. The number of phenols is 1. The zero-order valence-corrected chi connectivity index (χ0v) is 10.7. The van der Waals surface area contributed by atoms with Gasteiger partial charge in [-0.25, -0.2) is 0 Å². The molecule has 2 aromatic carbocycles. The molecule has 10 heteroatoms. The van der Waals surface area contributed by atoms with E-state index in [2.05, 4.69) is 0 Å². The molecule has 0 aliphatic heterocycles. The molecule has 0 atom stereocenters. The fraction of sp³-hybridized carbons (Fsp3) is 0.231.